The van der Waals surface area contributed by atoms with Gasteiger partial charge in [0.05, 0.1) is 23.8 Å². The van der Waals surface area contributed by atoms with Gasteiger partial charge in [-0.15, -0.1) is 0 Å². The lowest BCUT2D eigenvalue weighted by Crippen LogP contribution is -2.12. The number of benzene rings is 2. The van der Waals surface area contributed by atoms with Crippen LogP contribution in [0.2, 0.25) is 0 Å². The van der Waals surface area contributed by atoms with Gasteiger partial charge in [-0.05, 0) is 36.8 Å². The van der Waals surface area contributed by atoms with Crippen molar-refractivity contribution in [3.05, 3.63) is 93.5 Å². The lowest BCUT2D eigenvalue weighted by Gasteiger charge is -2.05. The van der Waals surface area contributed by atoms with Gasteiger partial charge in [-0.25, -0.2) is 9.59 Å². The lowest BCUT2D eigenvalue weighted by molar-refractivity contribution is 0.0599. The van der Waals surface area contributed by atoms with Gasteiger partial charge in [0, 0.05) is 11.3 Å². The number of rotatable bonds is 5. The zero-order chi connectivity index (χ0) is 22.8. The average Bonchev–Trinajstić information content (AvgIpc) is 3.13. The number of H-pyrrole nitrogens is 1. The molecule has 0 saturated carbocycles. The molecule has 0 aliphatic heterocycles. The molecule has 160 valence electrons. The summed E-state index contributed by atoms with van der Waals surface area (Å²) in [6, 6.07) is 15.7. The lowest BCUT2D eigenvalue weighted by atomic mass is 10.0. The van der Waals surface area contributed by atoms with Crippen molar-refractivity contribution in [3.63, 3.8) is 0 Å². The third-order valence-electron chi connectivity index (χ3n) is 5.11. The standard InChI is InChI=1S/C25H19NO6/c1-14-20(24(29)31-2)17(22(26-14)15-8-4-3-5-9-15)12-13-18(27)21-23(28)16-10-6-7-11-19(16)32-25(21)30/h3-13,26,28H,1-2H3/b13-12+. The number of ether oxygens (including phenoxy) is 1. The number of carbonyl (C=O) groups is 2. The first-order valence-corrected chi connectivity index (χ1v) is 9.76. The van der Waals surface area contributed by atoms with Crippen LogP contribution in [0.25, 0.3) is 28.3 Å². The van der Waals surface area contributed by atoms with Gasteiger partial charge in [0.25, 0.3) is 0 Å². The van der Waals surface area contributed by atoms with Gasteiger partial charge in [-0.3, -0.25) is 4.79 Å². The number of allylic oxidation sites excluding steroid dienone is 1. The Morgan fingerprint density at radius 1 is 1.03 bits per heavy atom. The van der Waals surface area contributed by atoms with E-state index in [9.17, 15) is 19.5 Å². The number of fused-ring (bicyclic) bond motifs is 1. The molecule has 0 unspecified atom stereocenters. The Kier molecular flexibility index (Phi) is 5.47. The van der Waals surface area contributed by atoms with Gasteiger partial charge in [-0.1, -0.05) is 42.5 Å². The number of hydrogen-bond acceptors (Lipinski definition) is 6. The predicted molar refractivity (Wildman–Crippen MR) is 120 cm³/mol. The molecule has 0 spiro atoms. The van der Waals surface area contributed by atoms with Crippen molar-refractivity contribution in [1.29, 1.82) is 0 Å². The number of ketones is 1. The van der Waals surface area contributed by atoms with E-state index in [0.29, 0.717) is 17.0 Å². The van der Waals surface area contributed by atoms with E-state index in [1.807, 2.05) is 30.3 Å². The minimum absolute atomic E-state index is 0.177. The molecule has 2 heterocycles. The van der Waals surface area contributed by atoms with E-state index in [1.165, 1.54) is 19.3 Å². The average molecular weight is 429 g/mol. The molecule has 2 N–H and O–H groups in total. The summed E-state index contributed by atoms with van der Waals surface area (Å²) in [4.78, 5) is 40.8. The molecule has 0 aliphatic rings. The Balaban J connectivity index is 1.83. The number of hydrogen-bond donors (Lipinski definition) is 2. The highest BCUT2D eigenvalue weighted by Gasteiger charge is 2.23. The summed E-state index contributed by atoms with van der Waals surface area (Å²) in [5, 5.41) is 10.8. The Bertz CT molecular complexity index is 1430. The van der Waals surface area contributed by atoms with Crippen molar-refractivity contribution >= 4 is 28.8 Å². The Morgan fingerprint density at radius 2 is 1.72 bits per heavy atom. The first-order valence-electron chi connectivity index (χ1n) is 9.76. The quantitative estimate of drug-likeness (QED) is 0.209. The van der Waals surface area contributed by atoms with Crippen LogP contribution in [0.3, 0.4) is 0 Å². The number of methoxy groups -OCH3 is 1. The van der Waals surface area contributed by atoms with Crippen LogP contribution in [-0.4, -0.2) is 29.0 Å². The smallest absolute Gasteiger partial charge is 0.351 e. The van der Waals surface area contributed by atoms with Gasteiger partial charge in [0.15, 0.2) is 5.78 Å². The van der Waals surface area contributed by atoms with Gasteiger partial charge >= 0.3 is 11.6 Å². The third-order valence-corrected chi connectivity index (χ3v) is 5.11. The number of esters is 1. The summed E-state index contributed by atoms with van der Waals surface area (Å²) in [5.41, 5.74) is 1.43. The van der Waals surface area contributed by atoms with Crippen LogP contribution in [0.5, 0.6) is 5.75 Å². The summed E-state index contributed by atoms with van der Waals surface area (Å²) in [7, 11) is 1.27. The van der Waals surface area contributed by atoms with E-state index in [1.54, 1.807) is 25.1 Å². The number of aromatic nitrogens is 1. The SMILES string of the molecule is COC(=O)c1c(C)[nH]c(-c2ccccc2)c1/C=C/C(=O)c1c(O)c2ccccc2oc1=O. The summed E-state index contributed by atoms with van der Waals surface area (Å²) in [5.74, 6) is -1.77. The van der Waals surface area contributed by atoms with Gasteiger partial charge in [0.2, 0.25) is 0 Å². The molecule has 7 heteroatoms. The number of aryl methyl sites for hydroxylation is 1. The van der Waals surface area contributed by atoms with E-state index in [2.05, 4.69) is 4.98 Å². The van der Waals surface area contributed by atoms with E-state index < -0.39 is 28.7 Å². The zero-order valence-corrected chi connectivity index (χ0v) is 17.3. The monoisotopic (exact) mass is 429 g/mol. The molecule has 4 aromatic rings. The van der Waals surface area contributed by atoms with Crippen molar-refractivity contribution in [2.75, 3.05) is 7.11 Å². The molecule has 0 aliphatic carbocycles. The fourth-order valence-electron chi connectivity index (χ4n) is 3.60. The van der Waals surface area contributed by atoms with Crippen molar-refractivity contribution < 1.29 is 23.8 Å². The molecule has 2 aromatic heterocycles. The highest BCUT2D eigenvalue weighted by Crippen LogP contribution is 2.31. The molecule has 0 radical (unpaired) electrons. The van der Waals surface area contributed by atoms with E-state index >= 15 is 0 Å². The molecule has 0 fully saturated rings. The normalized spacial score (nSPS) is 11.2. The van der Waals surface area contributed by atoms with Crippen LogP contribution in [0, 0.1) is 6.92 Å². The zero-order valence-electron chi connectivity index (χ0n) is 17.3. The molecule has 0 atom stereocenters. The number of para-hydroxylation sites is 1. The minimum Gasteiger partial charge on any atom is -0.506 e. The maximum atomic E-state index is 12.9. The molecule has 0 bridgehead atoms. The molecule has 7 nitrogen and oxygen atoms in total. The highest BCUT2D eigenvalue weighted by molar-refractivity contribution is 6.11. The Morgan fingerprint density at radius 3 is 2.44 bits per heavy atom. The number of aromatic amines is 1. The second-order valence-electron chi connectivity index (χ2n) is 7.08. The predicted octanol–water partition coefficient (Wildman–Crippen LogP) is 4.48. The summed E-state index contributed by atoms with van der Waals surface area (Å²) in [6.45, 7) is 1.72. The third kappa shape index (κ3) is 3.60. The topological polar surface area (TPSA) is 110 Å². The Labute approximate surface area is 182 Å². The van der Waals surface area contributed by atoms with E-state index in [0.717, 1.165) is 11.6 Å². The number of nitrogens with one attached hydrogen (secondary N) is 1. The molecule has 0 saturated heterocycles. The van der Waals surface area contributed by atoms with Crippen LogP contribution >= 0.6 is 0 Å². The Hall–Kier alpha value is -4.39. The minimum atomic E-state index is -0.947. The summed E-state index contributed by atoms with van der Waals surface area (Å²) < 4.78 is 10.1. The van der Waals surface area contributed by atoms with E-state index in [4.69, 9.17) is 9.15 Å². The first-order chi connectivity index (χ1) is 15.4. The second-order valence-corrected chi connectivity index (χ2v) is 7.08. The van der Waals surface area contributed by atoms with Crippen LogP contribution < -0.4 is 5.63 Å². The molecule has 4 rings (SSSR count). The first kappa shape index (κ1) is 20.9. The van der Waals surface area contributed by atoms with E-state index in [-0.39, 0.29) is 16.5 Å². The number of carbonyl (C=O) groups excluding carboxylic acids is 2. The molecule has 32 heavy (non-hydrogen) atoms. The van der Waals surface area contributed by atoms with Crippen molar-refractivity contribution in [3.8, 4) is 17.0 Å². The fraction of sp³-hybridized carbons (Fsp3) is 0.0800. The largest absolute Gasteiger partial charge is 0.506 e. The molecular weight excluding hydrogens is 410 g/mol. The van der Waals surface area contributed by atoms with Gasteiger partial charge < -0.3 is 19.2 Å². The van der Waals surface area contributed by atoms with Gasteiger partial charge in [0.1, 0.15) is 16.9 Å². The highest BCUT2D eigenvalue weighted by atomic mass is 16.5. The van der Waals surface area contributed by atoms with Crippen LogP contribution in [-0.2, 0) is 4.74 Å². The molecule has 2 aromatic carbocycles. The van der Waals surface area contributed by atoms with Gasteiger partial charge in [-0.2, -0.15) is 0 Å². The molecular formula is C25H19NO6. The van der Waals surface area contributed by atoms with Crippen LogP contribution in [0.1, 0.15) is 32.0 Å². The molecule has 0 amide bonds. The van der Waals surface area contributed by atoms with Crippen LogP contribution in [0.15, 0.2) is 69.9 Å². The van der Waals surface area contributed by atoms with Crippen LogP contribution in [0.4, 0.5) is 0 Å². The second kappa shape index (κ2) is 8.39. The number of aromatic hydroxyl groups is 1. The maximum absolute atomic E-state index is 12.9. The maximum Gasteiger partial charge on any atom is 0.351 e. The summed E-state index contributed by atoms with van der Waals surface area (Å²) >= 11 is 0. The summed E-state index contributed by atoms with van der Waals surface area (Å²) in [6.07, 6.45) is 2.55. The van der Waals surface area contributed by atoms with Crippen molar-refractivity contribution in [1.82, 2.24) is 4.98 Å². The fourth-order valence-corrected chi connectivity index (χ4v) is 3.60. The van der Waals surface area contributed by atoms with Crippen molar-refractivity contribution in [2.24, 2.45) is 0 Å². The van der Waals surface area contributed by atoms with Crippen molar-refractivity contribution in [2.45, 2.75) is 6.92 Å².